The lowest BCUT2D eigenvalue weighted by atomic mass is 10.2. The fourth-order valence-corrected chi connectivity index (χ4v) is 1.87. The molecular formula is C8H10N4O4. The van der Waals surface area contributed by atoms with Crippen molar-refractivity contribution >= 4 is 5.91 Å². The summed E-state index contributed by atoms with van der Waals surface area (Å²) in [5, 5.41) is 12.9. The predicted molar refractivity (Wildman–Crippen MR) is 48.2 cm³/mol. The van der Waals surface area contributed by atoms with Crippen molar-refractivity contribution in [2.75, 3.05) is 6.61 Å². The summed E-state index contributed by atoms with van der Waals surface area (Å²) in [6.45, 7) is -0.102. The second-order valence-corrected chi connectivity index (χ2v) is 3.73. The van der Waals surface area contributed by atoms with Gasteiger partial charge in [-0.2, -0.15) is 0 Å². The summed E-state index contributed by atoms with van der Waals surface area (Å²) in [6, 6.07) is 0. The van der Waals surface area contributed by atoms with Crippen molar-refractivity contribution in [3.05, 3.63) is 12.2 Å². The topological polar surface area (TPSA) is 116 Å². The average molecular weight is 226 g/mol. The lowest BCUT2D eigenvalue weighted by molar-refractivity contribution is -0.0888. The summed E-state index contributed by atoms with van der Waals surface area (Å²) in [5.74, 6) is -0.753. The molecule has 16 heavy (non-hydrogen) atoms. The Morgan fingerprint density at radius 2 is 2.38 bits per heavy atom. The normalized spacial score (nSPS) is 36.1. The Morgan fingerprint density at radius 1 is 1.56 bits per heavy atom. The highest BCUT2D eigenvalue weighted by molar-refractivity contribution is 5.88. The number of hydrogen-bond acceptors (Lipinski definition) is 6. The van der Waals surface area contributed by atoms with Gasteiger partial charge in [0.15, 0.2) is 6.23 Å². The minimum absolute atomic E-state index is 0.0618. The van der Waals surface area contributed by atoms with Gasteiger partial charge in [0.2, 0.25) is 5.82 Å². The summed E-state index contributed by atoms with van der Waals surface area (Å²) < 4.78 is 12.2. The zero-order chi connectivity index (χ0) is 11.3. The molecule has 3 rings (SSSR count). The molecule has 86 valence electrons. The summed E-state index contributed by atoms with van der Waals surface area (Å²) in [5.41, 5.74) is 5.03. The van der Waals surface area contributed by atoms with Crippen LogP contribution in [0.15, 0.2) is 6.33 Å². The van der Waals surface area contributed by atoms with Gasteiger partial charge in [0.1, 0.15) is 24.6 Å². The number of fused-ring (bicyclic) bond motifs is 1. The minimum atomic E-state index is -0.691. The fraction of sp³-hybridized carbons (Fsp3) is 0.625. The lowest BCUT2D eigenvalue weighted by Gasteiger charge is -2.15. The van der Waals surface area contributed by atoms with Crippen LogP contribution in [0.25, 0.3) is 0 Å². The summed E-state index contributed by atoms with van der Waals surface area (Å²) >= 11 is 0. The number of carbonyl (C=O) groups excluding carboxylic acids is 1. The number of nitrogens with two attached hydrogens (primary N) is 1. The Hall–Kier alpha value is -1.51. The molecule has 2 aliphatic rings. The second kappa shape index (κ2) is 3.24. The van der Waals surface area contributed by atoms with E-state index >= 15 is 0 Å². The quantitative estimate of drug-likeness (QED) is 0.578. The van der Waals surface area contributed by atoms with Gasteiger partial charge in [-0.1, -0.05) is 0 Å². The molecule has 2 aliphatic heterocycles. The van der Waals surface area contributed by atoms with Crippen LogP contribution in [-0.2, 0) is 9.47 Å². The number of aromatic nitrogens is 3. The van der Waals surface area contributed by atoms with Crippen molar-refractivity contribution in [2.45, 2.75) is 24.5 Å². The van der Waals surface area contributed by atoms with E-state index < -0.39 is 12.1 Å². The molecule has 2 saturated heterocycles. The van der Waals surface area contributed by atoms with Crippen LogP contribution < -0.4 is 5.73 Å². The zero-order valence-corrected chi connectivity index (χ0v) is 8.18. The summed E-state index contributed by atoms with van der Waals surface area (Å²) in [4.78, 5) is 14.6. The van der Waals surface area contributed by atoms with E-state index in [1.54, 1.807) is 0 Å². The van der Waals surface area contributed by atoms with Crippen LogP contribution in [-0.4, -0.2) is 50.7 Å². The first-order chi connectivity index (χ1) is 7.70. The van der Waals surface area contributed by atoms with E-state index in [1.165, 1.54) is 11.0 Å². The van der Waals surface area contributed by atoms with Gasteiger partial charge in [-0.3, -0.25) is 4.79 Å². The highest BCUT2D eigenvalue weighted by Crippen LogP contribution is 2.44. The molecule has 3 heterocycles. The molecule has 0 aromatic carbocycles. The number of ether oxygens (including phenoxy) is 2. The molecule has 3 N–H and O–H groups in total. The average Bonchev–Trinajstić information content (AvgIpc) is 2.78. The molecule has 1 amide bonds. The maximum absolute atomic E-state index is 10.8. The number of aliphatic hydroxyl groups excluding tert-OH is 1. The van der Waals surface area contributed by atoms with Gasteiger partial charge >= 0.3 is 0 Å². The third-order valence-corrected chi connectivity index (χ3v) is 2.69. The predicted octanol–water partition coefficient (Wildman–Crippen LogP) is -1.97. The van der Waals surface area contributed by atoms with E-state index in [0.29, 0.717) is 0 Å². The minimum Gasteiger partial charge on any atom is -0.394 e. The number of amides is 1. The van der Waals surface area contributed by atoms with Crippen LogP contribution in [0, 0.1) is 0 Å². The van der Waals surface area contributed by atoms with E-state index in [-0.39, 0.29) is 30.7 Å². The molecule has 8 nitrogen and oxygen atoms in total. The van der Waals surface area contributed by atoms with Gasteiger partial charge in [-0.25, -0.2) is 9.67 Å². The monoisotopic (exact) mass is 226 g/mol. The van der Waals surface area contributed by atoms with Crippen molar-refractivity contribution in [1.82, 2.24) is 14.8 Å². The molecule has 0 spiro atoms. The van der Waals surface area contributed by atoms with E-state index in [9.17, 15) is 4.79 Å². The van der Waals surface area contributed by atoms with Gasteiger partial charge in [0.05, 0.1) is 6.61 Å². The smallest absolute Gasteiger partial charge is 0.288 e. The molecule has 0 saturated carbocycles. The van der Waals surface area contributed by atoms with Gasteiger partial charge < -0.3 is 20.3 Å². The third kappa shape index (κ3) is 1.31. The van der Waals surface area contributed by atoms with Crippen LogP contribution in [0.4, 0.5) is 0 Å². The van der Waals surface area contributed by atoms with Crippen molar-refractivity contribution in [2.24, 2.45) is 5.73 Å². The number of aliphatic hydroxyl groups is 1. The molecule has 0 radical (unpaired) electrons. The van der Waals surface area contributed by atoms with Crippen LogP contribution in [0.1, 0.15) is 16.8 Å². The SMILES string of the molecule is NC(=O)c1ncn([C@@H]2O[C@H](CO)[C@H]3O[C@H]32)n1. The number of nitrogens with zero attached hydrogens (tertiary/aromatic N) is 3. The maximum atomic E-state index is 10.8. The highest BCUT2D eigenvalue weighted by Gasteiger charge is 2.59. The van der Waals surface area contributed by atoms with Crippen LogP contribution in [0.5, 0.6) is 0 Å². The van der Waals surface area contributed by atoms with Gasteiger partial charge in [0, 0.05) is 0 Å². The van der Waals surface area contributed by atoms with E-state index in [2.05, 4.69) is 10.1 Å². The Labute approximate surface area is 90.0 Å². The van der Waals surface area contributed by atoms with Gasteiger partial charge in [-0.05, 0) is 0 Å². The molecule has 1 aromatic rings. The Balaban J connectivity index is 1.80. The molecule has 1 aromatic heterocycles. The van der Waals surface area contributed by atoms with E-state index in [4.69, 9.17) is 20.3 Å². The molecule has 2 fully saturated rings. The van der Waals surface area contributed by atoms with E-state index in [0.717, 1.165) is 0 Å². The van der Waals surface area contributed by atoms with E-state index in [1.807, 2.05) is 0 Å². The summed E-state index contributed by atoms with van der Waals surface area (Å²) in [6.07, 6.45) is 0.373. The molecular weight excluding hydrogens is 216 g/mol. The highest BCUT2D eigenvalue weighted by atomic mass is 16.7. The van der Waals surface area contributed by atoms with Crippen molar-refractivity contribution in [3.63, 3.8) is 0 Å². The lowest BCUT2D eigenvalue weighted by Crippen LogP contribution is -2.23. The largest absolute Gasteiger partial charge is 0.394 e. The first-order valence-electron chi connectivity index (χ1n) is 4.83. The Morgan fingerprint density at radius 3 is 2.94 bits per heavy atom. The molecule has 0 unspecified atom stereocenters. The first kappa shape index (κ1) is 9.70. The standard InChI is InChI=1S/C8H10N4O4/c9-6(14)7-10-2-12(11-7)8-5-4(16-5)3(1-13)15-8/h2-5,8,13H,1H2,(H2,9,14)/t3-,4-,5-,8-/m1/s1. The second-order valence-electron chi connectivity index (χ2n) is 3.73. The van der Waals surface area contributed by atoms with Crippen LogP contribution in [0.2, 0.25) is 0 Å². The van der Waals surface area contributed by atoms with Crippen LogP contribution in [0.3, 0.4) is 0 Å². The number of carbonyl (C=O) groups is 1. The number of primary amides is 1. The molecule has 4 atom stereocenters. The van der Waals surface area contributed by atoms with Gasteiger partial charge in [0.25, 0.3) is 5.91 Å². The molecule has 0 bridgehead atoms. The number of hydrogen-bond donors (Lipinski definition) is 2. The number of rotatable bonds is 3. The molecule has 0 aliphatic carbocycles. The van der Waals surface area contributed by atoms with Crippen LogP contribution >= 0.6 is 0 Å². The summed E-state index contributed by atoms with van der Waals surface area (Å²) in [7, 11) is 0. The fourth-order valence-electron chi connectivity index (χ4n) is 1.87. The molecule has 8 heteroatoms. The van der Waals surface area contributed by atoms with Gasteiger partial charge in [-0.15, -0.1) is 5.10 Å². The Kier molecular flexibility index (Phi) is 1.96. The number of epoxide rings is 1. The van der Waals surface area contributed by atoms with Crippen molar-refractivity contribution in [3.8, 4) is 0 Å². The van der Waals surface area contributed by atoms with Crippen molar-refractivity contribution < 1.29 is 19.4 Å². The first-order valence-corrected chi connectivity index (χ1v) is 4.83. The Bertz CT molecular complexity index is 433. The maximum Gasteiger partial charge on any atom is 0.288 e. The zero-order valence-electron chi connectivity index (χ0n) is 8.18. The third-order valence-electron chi connectivity index (χ3n) is 2.69. The van der Waals surface area contributed by atoms with Crippen molar-refractivity contribution in [1.29, 1.82) is 0 Å².